The maximum absolute atomic E-state index is 14.9. The van der Waals surface area contributed by atoms with Crippen LogP contribution >= 0.6 is 0 Å². The van der Waals surface area contributed by atoms with E-state index in [4.69, 9.17) is 5.14 Å². The SMILES string of the molecule is Cc1cccc(Cc2nc(CN3CCCC(F)C3)nn2-c2ccc(S(N)(=O)=O)cc2F)c1. The molecule has 0 radical (unpaired) electrons. The molecule has 2 aromatic carbocycles. The lowest BCUT2D eigenvalue weighted by molar-refractivity contribution is 0.130. The van der Waals surface area contributed by atoms with E-state index in [0.29, 0.717) is 37.6 Å². The number of aromatic nitrogens is 3. The van der Waals surface area contributed by atoms with Gasteiger partial charge < -0.3 is 0 Å². The van der Waals surface area contributed by atoms with Crippen LogP contribution in [0.25, 0.3) is 5.69 Å². The smallest absolute Gasteiger partial charge is 0.238 e. The summed E-state index contributed by atoms with van der Waals surface area (Å²) in [6.45, 7) is 3.40. The largest absolute Gasteiger partial charge is 0.293 e. The number of hydrogen-bond acceptors (Lipinski definition) is 5. The van der Waals surface area contributed by atoms with Crippen molar-refractivity contribution in [1.29, 1.82) is 0 Å². The van der Waals surface area contributed by atoms with Gasteiger partial charge in [0.15, 0.2) is 5.82 Å². The van der Waals surface area contributed by atoms with E-state index < -0.39 is 22.0 Å². The van der Waals surface area contributed by atoms with Crippen LogP contribution in [0.5, 0.6) is 0 Å². The molecule has 1 atom stereocenters. The zero-order valence-corrected chi connectivity index (χ0v) is 18.5. The van der Waals surface area contributed by atoms with E-state index in [0.717, 1.165) is 30.2 Å². The topological polar surface area (TPSA) is 94.1 Å². The molecule has 0 amide bonds. The number of primary sulfonamides is 1. The molecular weight excluding hydrogens is 436 g/mol. The zero-order valence-electron chi connectivity index (χ0n) is 17.7. The van der Waals surface area contributed by atoms with E-state index >= 15 is 0 Å². The number of rotatable bonds is 6. The Labute approximate surface area is 185 Å². The number of nitrogens with two attached hydrogens (primary N) is 1. The molecule has 1 saturated heterocycles. The molecular formula is C22H25F2N5O2S. The Hall–Kier alpha value is -2.69. The van der Waals surface area contributed by atoms with Gasteiger partial charge in [-0.3, -0.25) is 4.90 Å². The fourth-order valence-corrected chi connectivity index (χ4v) is 4.48. The van der Waals surface area contributed by atoms with Crippen LogP contribution in [0.4, 0.5) is 8.78 Å². The Morgan fingerprint density at radius 3 is 2.72 bits per heavy atom. The molecule has 4 rings (SSSR count). The first-order valence-electron chi connectivity index (χ1n) is 10.4. The fraction of sp³-hybridized carbons (Fsp3) is 0.364. The van der Waals surface area contributed by atoms with Crippen LogP contribution in [0, 0.1) is 12.7 Å². The van der Waals surface area contributed by atoms with Gasteiger partial charge in [-0.1, -0.05) is 29.8 Å². The number of nitrogens with zero attached hydrogens (tertiary/aromatic N) is 4. The minimum absolute atomic E-state index is 0.0702. The quantitative estimate of drug-likeness (QED) is 0.609. The van der Waals surface area contributed by atoms with E-state index in [-0.39, 0.29) is 10.6 Å². The molecule has 7 nitrogen and oxygen atoms in total. The predicted molar refractivity (Wildman–Crippen MR) is 116 cm³/mol. The highest BCUT2D eigenvalue weighted by atomic mass is 32.2. The molecule has 0 bridgehead atoms. The van der Waals surface area contributed by atoms with Gasteiger partial charge in [0.25, 0.3) is 0 Å². The van der Waals surface area contributed by atoms with Crippen LogP contribution in [0.2, 0.25) is 0 Å². The number of aryl methyl sites for hydroxylation is 1. The summed E-state index contributed by atoms with van der Waals surface area (Å²) in [4.78, 5) is 6.25. The van der Waals surface area contributed by atoms with Crippen molar-refractivity contribution in [3.63, 3.8) is 0 Å². The van der Waals surface area contributed by atoms with Crippen molar-refractivity contribution in [3.8, 4) is 5.69 Å². The molecule has 0 spiro atoms. The summed E-state index contributed by atoms with van der Waals surface area (Å²) in [6, 6.07) is 11.3. The van der Waals surface area contributed by atoms with E-state index in [2.05, 4.69) is 10.1 Å². The number of alkyl halides is 1. The van der Waals surface area contributed by atoms with Crippen LogP contribution in [-0.4, -0.2) is 47.3 Å². The number of hydrogen-bond donors (Lipinski definition) is 1. The van der Waals surface area contributed by atoms with Crippen LogP contribution in [0.15, 0.2) is 47.4 Å². The van der Waals surface area contributed by atoms with Gasteiger partial charge in [-0.05, 0) is 50.1 Å². The number of sulfonamides is 1. The summed E-state index contributed by atoms with van der Waals surface area (Å²) in [6.07, 6.45) is 0.845. The van der Waals surface area contributed by atoms with Gasteiger partial charge in [0.2, 0.25) is 10.0 Å². The summed E-state index contributed by atoms with van der Waals surface area (Å²) in [7, 11) is -4.03. The first-order chi connectivity index (χ1) is 15.2. The van der Waals surface area contributed by atoms with Crippen LogP contribution in [0.1, 0.15) is 35.6 Å². The van der Waals surface area contributed by atoms with Crippen LogP contribution in [-0.2, 0) is 23.0 Å². The first-order valence-corrected chi connectivity index (χ1v) is 11.9. The van der Waals surface area contributed by atoms with Crippen molar-refractivity contribution in [2.45, 2.75) is 43.8 Å². The Balaban J connectivity index is 1.71. The van der Waals surface area contributed by atoms with Gasteiger partial charge in [0.05, 0.1) is 11.4 Å². The zero-order chi connectivity index (χ0) is 22.9. The number of piperidine rings is 1. The maximum Gasteiger partial charge on any atom is 0.238 e. The highest BCUT2D eigenvalue weighted by Crippen LogP contribution is 2.22. The lowest BCUT2D eigenvalue weighted by atomic mass is 10.1. The van der Waals surface area contributed by atoms with E-state index in [1.54, 1.807) is 0 Å². The van der Waals surface area contributed by atoms with Crippen molar-refractivity contribution in [3.05, 3.63) is 71.1 Å². The van der Waals surface area contributed by atoms with Gasteiger partial charge >= 0.3 is 0 Å². The molecule has 1 fully saturated rings. The lowest BCUT2D eigenvalue weighted by Gasteiger charge is -2.27. The summed E-state index contributed by atoms with van der Waals surface area (Å²) >= 11 is 0. The third-order valence-electron chi connectivity index (χ3n) is 5.45. The van der Waals surface area contributed by atoms with Crippen molar-refractivity contribution in [1.82, 2.24) is 19.7 Å². The molecule has 3 aromatic rings. The van der Waals surface area contributed by atoms with Gasteiger partial charge in [-0.25, -0.2) is 32.0 Å². The standard InChI is InChI=1S/C22H25F2N5O2S/c1-15-4-2-5-16(10-15)11-22-26-21(14-28-9-3-6-17(23)13-28)27-29(22)20-8-7-18(12-19(20)24)32(25,30)31/h2,4-5,7-8,10,12,17H,3,6,9,11,13-14H2,1H3,(H2,25,30,31). The van der Waals surface area contributed by atoms with Gasteiger partial charge in [-0.2, -0.15) is 0 Å². The van der Waals surface area contributed by atoms with E-state index in [1.807, 2.05) is 36.1 Å². The number of benzene rings is 2. The average Bonchev–Trinajstić information content (AvgIpc) is 3.09. The monoisotopic (exact) mass is 461 g/mol. The lowest BCUT2D eigenvalue weighted by Crippen LogP contribution is -2.36. The highest BCUT2D eigenvalue weighted by molar-refractivity contribution is 7.89. The fourth-order valence-electron chi connectivity index (χ4n) is 3.95. The van der Waals surface area contributed by atoms with Gasteiger partial charge in [-0.15, -0.1) is 5.10 Å². The molecule has 2 heterocycles. The predicted octanol–water partition coefficient (Wildman–Crippen LogP) is 2.89. The molecule has 1 unspecified atom stereocenters. The molecule has 1 aliphatic heterocycles. The van der Waals surface area contributed by atoms with Crippen LogP contribution in [0.3, 0.4) is 0 Å². The van der Waals surface area contributed by atoms with Crippen molar-refractivity contribution in [2.24, 2.45) is 5.14 Å². The van der Waals surface area contributed by atoms with Gasteiger partial charge in [0.1, 0.15) is 23.5 Å². The average molecular weight is 462 g/mol. The third kappa shape index (κ3) is 5.20. The second-order valence-electron chi connectivity index (χ2n) is 8.15. The molecule has 10 heteroatoms. The second kappa shape index (κ2) is 9.05. The Morgan fingerprint density at radius 1 is 1.22 bits per heavy atom. The minimum Gasteiger partial charge on any atom is -0.293 e. The van der Waals surface area contributed by atoms with Crippen molar-refractivity contribution >= 4 is 10.0 Å². The molecule has 1 aromatic heterocycles. The van der Waals surface area contributed by atoms with E-state index in [1.165, 1.54) is 16.8 Å². The summed E-state index contributed by atoms with van der Waals surface area (Å²) < 4.78 is 53.2. The van der Waals surface area contributed by atoms with Gasteiger partial charge in [0, 0.05) is 13.0 Å². The Kier molecular flexibility index (Phi) is 6.36. The molecule has 32 heavy (non-hydrogen) atoms. The summed E-state index contributed by atoms with van der Waals surface area (Å²) in [5, 5.41) is 9.61. The number of halogens is 2. The van der Waals surface area contributed by atoms with E-state index in [9.17, 15) is 17.2 Å². The Bertz CT molecular complexity index is 1230. The second-order valence-corrected chi connectivity index (χ2v) is 9.72. The molecule has 1 aliphatic rings. The maximum atomic E-state index is 14.9. The molecule has 2 N–H and O–H groups in total. The van der Waals surface area contributed by atoms with Crippen molar-refractivity contribution < 1.29 is 17.2 Å². The molecule has 0 aliphatic carbocycles. The molecule has 170 valence electrons. The summed E-state index contributed by atoms with van der Waals surface area (Å²) in [5.41, 5.74) is 2.13. The third-order valence-corrected chi connectivity index (χ3v) is 6.36. The van der Waals surface area contributed by atoms with Crippen molar-refractivity contribution in [2.75, 3.05) is 13.1 Å². The molecule has 0 saturated carbocycles. The summed E-state index contributed by atoms with van der Waals surface area (Å²) in [5.74, 6) is 0.179. The normalized spacial score (nSPS) is 17.6. The minimum atomic E-state index is -4.03. The van der Waals surface area contributed by atoms with Crippen LogP contribution < -0.4 is 5.14 Å². The first kappa shape index (κ1) is 22.5. The highest BCUT2D eigenvalue weighted by Gasteiger charge is 2.23. The Morgan fingerprint density at radius 2 is 2.03 bits per heavy atom. The number of likely N-dealkylation sites (tertiary alicyclic amines) is 1.